The second-order valence-corrected chi connectivity index (χ2v) is 10.6. The van der Waals surface area contributed by atoms with Crippen LogP contribution in [0.1, 0.15) is 47.4 Å². The minimum Gasteiger partial charge on any atom is -0.508 e. The van der Waals surface area contributed by atoms with Crippen LogP contribution < -0.4 is 14.4 Å². The molecule has 1 saturated heterocycles. The Balaban J connectivity index is 1.34. The third-order valence-corrected chi connectivity index (χ3v) is 8.04. The number of likely N-dealkylation sites (tertiary alicyclic amines) is 1. The van der Waals surface area contributed by atoms with Gasteiger partial charge in [-0.1, -0.05) is 18.2 Å². The number of phenols is 1. The van der Waals surface area contributed by atoms with Gasteiger partial charge in [0.05, 0.1) is 13.7 Å². The third kappa shape index (κ3) is 6.65. The summed E-state index contributed by atoms with van der Waals surface area (Å²) in [5.41, 5.74) is 5.44. The number of fused-ring (bicyclic) bond motifs is 1. The second-order valence-electron chi connectivity index (χ2n) is 10.6. The van der Waals surface area contributed by atoms with E-state index in [1.165, 1.54) is 29.5 Å². The van der Waals surface area contributed by atoms with E-state index in [0.29, 0.717) is 25.4 Å². The van der Waals surface area contributed by atoms with Crippen LogP contribution in [0.15, 0.2) is 54.6 Å². The Bertz CT molecular complexity index is 1260. The van der Waals surface area contributed by atoms with Gasteiger partial charge in [0.1, 0.15) is 18.1 Å². The molecule has 1 heterocycles. The van der Waals surface area contributed by atoms with E-state index in [0.717, 1.165) is 55.9 Å². The monoisotopic (exact) mass is 534 g/mol. The molecular weight excluding hydrogens is 495 g/mol. The van der Waals surface area contributed by atoms with Crippen LogP contribution in [0.5, 0.6) is 17.2 Å². The first-order chi connectivity index (χ1) is 19.0. The van der Waals surface area contributed by atoms with Crippen LogP contribution in [0.4, 0.5) is 10.1 Å². The first-order valence-electron chi connectivity index (χ1n) is 14.0. The number of hydrogen-bond donors (Lipinski definition) is 2. The van der Waals surface area contributed by atoms with Crippen molar-refractivity contribution in [3.8, 4) is 17.2 Å². The van der Waals surface area contributed by atoms with E-state index in [1.807, 2.05) is 30.3 Å². The lowest BCUT2D eigenvalue weighted by Crippen LogP contribution is -2.28. The number of anilines is 1. The topological polar surface area (TPSA) is 65.4 Å². The molecule has 1 aliphatic heterocycles. The van der Waals surface area contributed by atoms with Gasteiger partial charge in [-0.2, -0.15) is 0 Å². The van der Waals surface area contributed by atoms with E-state index < -0.39 is 0 Å². The Morgan fingerprint density at radius 3 is 2.64 bits per heavy atom. The summed E-state index contributed by atoms with van der Waals surface area (Å²) in [6.07, 6.45) is 5.17. The normalized spacial score (nSPS) is 17.2. The minimum absolute atomic E-state index is 0.0242. The van der Waals surface area contributed by atoms with E-state index in [9.17, 15) is 10.2 Å². The molecule has 6 nitrogen and oxygen atoms in total. The molecule has 3 aromatic rings. The maximum atomic E-state index is 15.0. The van der Waals surface area contributed by atoms with Crippen LogP contribution >= 0.6 is 0 Å². The number of aromatic hydroxyl groups is 1. The zero-order chi connectivity index (χ0) is 27.2. The number of nitrogens with zero attached hydrogens (tertiary/aromatic N) is 2. The van der Waals surface area contributed by atoms with Gasteiger partial charge >= 0.3 is 0 Å². The fourth-order valence-electron chi connectivity index (χ4n) is 5.95. The Morgan fingerprint density at radius 1 is 1.03 bits per heavy atom. The summed E-state index contributed by atoms with van der Waals surface area (Å²) in [5.74, 6) is 1.25. The van der Waals surface area contributed by atoms with Crippen molar-refractivity contribution in [2.75, 3.05) is 51.4 Å². The van der Waals surface area contributed by atoms with Gasteiger partial charge in [-0.05, 0) is 104 Å². The average molecular weight is 535 g/mol. The van der Waals surface area contributed by atoms with Gasteiger partial charge in [-0.15, -0.1) is 0 Å². The van der Waals surface area contributed by atoms with Crippen LogP contribution in [-0.2, 0) is 19.4 Å². The molecule has 0 bridgehead atoms. The third-order valence-electron chi connectivity index (χ3n) is 8.04. The maximum absolute atomic E-state index is 15.0. The van der Waals surface area contributed by atoms with Gasteiger partial charge in [0.25, 0.3) is 0 Å². The molecule has 0 spiro atoms. The van der Waals surface area contributed by atoms with Crippen molar-refractivity contribution in [1.82, 2.24) is 4.90 Å². The lowest BCUT2D eigenvalue weighted by atomic mass is 9.79. The van der Waals surface area contributed by atoms with Crippen molar-refractivity contribution < 1.29 is 24.1 Å². The van der Waals surface area contributed by atoms with Gasteiger partial charge in [-0.25, -0.2) is 4.39 Å². The Hall–Kier alpha value is -3.29. The Kier molecular flexibility index (Phi) is 8.89. The predicted molar refractivity (Wildman–Crippen MR) is 152 cm³/mol. The fraction of sp³-hybridized carbons (Fsp3) is 0.438. The molecule has 39 heavy (non-hydrogen) atoms. The molecule has 1 atom stereocenters. The first-order valence-corrected chi connectivity index (χ1v) is 14.0. The van der Waals surface area contributed by atoms with Crippen LogP contribution in [0.2, 0.25) is 0 Å². The van der Waals surface area contributed by atoms with Gasteiger partial charge in [0.15, 0.2) is 11.6 Å². The number of ether oxygens (including phenoxy) is 2. The van der Waals surface area contributed by atoms with Crippen molar-refractivity contribution in [1.29, 1.82) is 0 Å². The highest BCUT2D eigenvalue weighted by molar-refractivity contribution is 5.60. The van der Waals surface area contributed by atoms with E-state index in [2.05, 4.69) is 15.9 Å². The van der Waals surface area contributed by atoms with Gasteiger partial charge in [-0.3, -0.25) is 4.90 Å². The zero-order valence-electron chi connectivity index (χ0n) is 22.7. The molecular formula is C32H39FN2O4. The van der Waals surface area contributed by atoms with Crippen molar-refractivity contribution in [3.05, 3.63) is 82.7 Å². The number of phenolic OH excluding ortho intramolecular Hbond substituents is 1. The van der Waals surface area contributed by atoms with Crippen LogP contribution in [0.3, 0.4) is 0 Å². The molecule has 0 radical (unpaired) electrons. The van der Waals surface area contributed by atoms with Crippen molar-refractivity contribution >= 4 is 5.69 Å². The SMILES string of the molecule is COc1ccc(C2CCc3cc(O)ccc3C2)c(N(CCO)Cc2ccc(OCCN3CCCC3)c(F)c2)c1. The van der Waals surface area contributed by atoms with Crippen molar-refractivity contribution in [3.63, 3.8) is 0 Å². The Morgan fingerprint density at radius 2 is 1.87 bits per heavy atom. The lowest BCUT2D eigenvalue weighted by Gasteiger charge is -2.32. The van der Waals surface area contributed by atoms with E-state index in [-0.39, 0.29) is 24.1 Å². The standard InChI is InChI=1S/C32H39FN2O4/c1-38-28-9-10-29(26-6-5-25-20-27(37)8-7-24(25)19-26)31(21-28)35(14-16-36)22-23-4-11-32(30(33)18-23)39-17-15-34-12-2-3-13-34/h4,7-11,18,20-21,26,36-37H,2-3,5-6,12-17,19,22H2,1H3. The quantitative estimate of drug-likeness (QED) is 0.349. The highest BCUT2D eigenvalue weighted by Gasteiger charge is 2.25. The molecule has 2 N–H and O–H groups in total. The number of benzene rings is 3. The van der Waals surface area contributed by atoms with E-state index in [4.69, 9.17) is 9.47 Å². The summed E-state index contributed by atoms with van der Waals surface area (Å²) in [7, 11) is 1.65. The van der Waals surface area contributed by atoms with Crippen molar-refractivity contribution in [2.45, 2.75) is 44.6 Å². The molecule has 1 aliphatic carbocycles. The maximum Gasteiger partial charge on any atom is 0.165 e. The first kappa shape index (κ1) is 27.3. The van der Waals surface area contributed by atoms with Crippen molar-refractivity contribution in [2.24, 2.45) is 0 Å². The lowest BCUT2D eigenvalue weighted by molar-refractivity contribution is 0.231. The van der Waals surface area contributed by atoms with E-state index >= 15 is 4.39 Å². The summed E-state index contributed by atoms with van der Waals surface area (Å²) in [6, 6.07) is 16.9. The van der Waals surface area contributed by atoms with Gasteiger partial charge in [0.2, 0.25) is 0 Å². The number of aliphatic hydroxyl groups excluding tert-OH is 1. The molecule has 208 valence electrons. The summed E-state index contributed by atoms with van der Waals surface area (Å²) >= 11 is 0. The molecule has 1 unspecified atom stereocenters. The van der Waals surface area contributed by atoms with Crippen LogP contribution in [-0.4, -0.2) is 61.6 Å². The zero-order valence-corrected chi connectivity index (χ0v) is 22.7. The number of aryl methyl sites for hydroxylation is 1. The number of hydrogen-bond acceptors (Lipinski definition) is 6. The number of halogens is 1. The highest BCUT2D eigenvalue weighted by Crippen LogP contribution is 2.40. The van der Waals surface area contributed by atoms with E-state index in [1.54, 1.807) is 25.3 Å². The minimum atomic E-state index is -0.365. The summed E-state index contributed by atoms with van der Waals surface area (Å²) in [5, 5.41) is 19.8. The largest absolute Gasteiger partial charge is 0.508 e. The molecule has 0 aromatic heterocycles. The molecule has 3 aromatic carbocycles. The van der Waals surface area contributed by atoms with Gasteiger partial charge in [0, 0.05) is 31.4 Å². The molecule has 2 aliphatic rings. The van der Waals surface area contributed by atoms with Crippen LogP contribution in [0, 0.1) is 5.82 Å². The predicted octanol–water partition coefficient (Wildman–Crippen LogP) is 5.29. The summed E-state index contributed by atoms with van der Waals surface area (Å²) in [6.45, 7) is 4.31. The summed E-state index contributed by atoms with van der Waals surface area (Å²) < 4.78 is 26.3. The number of methoxy groups -OCH3 is 1. The smallest absolute Gasteiger partial charge is 0.165 e. The van der Waals surface area contributed by atoms with Crippen LogP contribution in [0.25, 0.3) is 0 Å². The second kappa shape index (κ2) is 12.7. The average Bonchev–Trinajstić information content (AvgIpc) is 3.47. The fourth-order valence-corrected chi connectivity index (χ4v) is 5.95. The molecule has 0 saturated carbocycles. The molecule has 1 fully saturated rings. The molecule has 0 amide bonds. The summed E-state index contributed by atoms with van der Waals surface area (Å²) in [4.78, 5) is 4.45. The Labute approximate surface area is 230 Å². The highest BCUT2D eigenvalue weighted by atomic mass is 19.1. The molecule has 7 heteroatoms. The number of rotatable bonds is 11. The van der Waals surface area contributed by atoms with Gasteiger partial charge < -0.3 is 24.6 Å². The number of aliphatic hydroxyl groups is 1. The molecule has 5 rings (SSSR count).